The van der Waals surface area contributed by atoms with Gasteiger partial charge in [0, 0.05) is 42.0 Å². The zero-order valence-electron chi connectivity index (χ0n) is 15.4. The summed E-state index contributed by atoms with van der Waals surface area (Å²) in [7, 11) is 0. The first-order chi connectivity index (χ1) is 13.6. The van der Waals surface area contributed by atoms with E-state index >= 15 is 0 Å². The fourth-order valence-corrected chi connectivity index (χ4v) is 4.25. The minimum Gasteiger partial charge on any atom is -0.487 e. The van der Waals surface area contributed by atoms with Gasteiger partial charge in [-0.05, 0) is 18.1 Å². The quantitative estimate of drug-likeness (QED) is 0.696. The van der Waals surface area contributed by atoms with Crippen LogP contribution in [0.5, 0.6) is 0 Å². The van der Waals surface area contributed by atoms with Gasteiger partial charge in [0.05, 0.1) is 17.8 Å². The fraction of sp³-hybridized carbons (Fsp3) is 0.318. The maximum Gasteiger partial charge on any atom is 0.260 e. The van der Waals surface area contributed by atoms with E-state index in [0.717, 1.165) is 34.5 Å². The topological polar surface area (TPSA) is 82.0 Å². The number of aliphatic hydroxyl groups is 2. The highest BCUT2D eigenvalue weighted by molar-refractivity contribution is 6.36. The standard InChI is InChI=1S/C22H22N2O4/c25-18-7-8-24(11-19(18)26)10-13-5-6-15-14(9-13)12-28-21(15)20-16-3-1-2-4-17(16)23-22(20)27/h1-6,9,18-19,25-26H,7-8,10-12H2,(H,23,27). The molecule has 1 amide bonds. The molecule has 0 spiro atoms. The first kappa shape index (κ1) is 17.4. The molecule has 0 saturated carbocycles. The molecule has 28 heavy (non-hydrogen) atoms. The molecule has 3 N–H and O–H groups in total. The van der Waals surface area contributed by atoms with Gasteiger partial charge in [-0.15, -0.1) is 0 Å². The third-order valence-corrected chi connectivity index (χ3v) is 5.72. The number of anilines is 1. The van der Waals surface area contributed by atoms with Crippen LogP contribution in [0.3, 0.4) is 0 Å². The second-order valence-electron chi connectivity index (χ2n) is 7.64. The molecule has 144 valence electrons. The molecule has 6 nitrogen and oxygen atoms in total. The van der Waals surface area contributed by atoms with Crippen molar-refractivity contribution in [1.29, 1.82) is 0 Å². The average Bonchev–Trinajstić information content (AvgIpc) is 3.24. The Morgan fingerprint density at radius 2 is 1.96 bits per heavy atom. The Labute approximate surface area is 163 Å². The molecule has 0 aromatic heterocycles. The first-order valence-electron chi connectivity index (χ1n) is 9.58. The Balaban J connectivity index is 1.43. The smallest absolute Gasteiger partial charge is 0.260 e. The number of fused-ring (bicyclic) bond motifs is 2. The molecule has 0 radical (unpaired) electrons. The molecule has 5 rings (SSSR count). The van der Waals surface area contributed by atoms with E-state index in [4.69, 9.17) is 4.74 Å². The van der Waals surface area contributed by atoms with Gasteiger partial charge in [0.25, 0.3) is 5.91 Å². The van der Waals surface area contributed by atoms with Crippen molar-refractivity contribution in [1.82, 2.24) is 4.90 Å². The van der Waals surface area contributed by atoms with E-state index < -0.39 is 12.2 Å². The molecule has 3 aliphatic rings. The van der Waals surface area contributed by atoms with Crippen LogP contribution in [0.25, 0.3) is 11.3 Å². The lowest BCUT2D eigenvalue weighted by Crippen LogP contribution is -2.46. The van der Waals surface area contributed by atoms with Gasteiger partial charge >= 0.3 is 0 Å². The molecule has 6 heteroatoms. The van der Waals surface area contributed by atoms with Crippen molar-refractivity contribution in [3.8, 4) is 0 Å². The van der Waals surface area contributed by atoms with Crippen LogP contribution in [0.4, 0.5) is 5.69 Å². The maximum atomic E-state index is 12.5. The van der Waals surface area contributed by atoms with Crippen LogP contribution in [-0.2, 0) is 22.7 Å². The Kier molecular flexibility index (Phi) is 4.19. The maximum absolute atomic E-state index is 12.5. The summed E-state index contributed by atoms with van der Waals surface area (Å²) in [6.45, 7) is 2.39. The number of β-amino-alcohol motifs (C(OH)–C–C–N with tert-alkyl or cyclic N) is 1. The van der Waals surface area contributed by atoms with Gasteiger partial charge in [-0.1, -0.05) is 36.4 Å². The van der Waals surface area contributed by atoms with Crippen molar-refractivity contribution in [2.24, 2.45) is 0 Å². The summed E-state index contributed by atoms with van der Waals surface area (Å²) in [5, 5.41) is 22.5. The largest absolute Gasteiger partial charge is 0.487 e. The van der Waals surface area contributed by atoms with E-state index in [2.05, 4.69) is 16.3 Å². The predicted octanol–water partition coefficient (Wildman–Crippen LogP) is 1.96. The van der Waals surface area contributed by atoms with Crippen LogP contribution in [0.15, 0.2) is 42.5 Å². The highest BCUT2D eigenvalue weighted by atomic mass is 16.5. The third-order valence-electron chi connectivity index (χ3n) is 5.72. The zero-order chi connectivity index (χ0) is 19.3. The summed E-state index contributed by atoms with van der Waals surface area (Å²) in [5.74, 6) is 0.509. The first-order valence-corrected chi connectivity index (χ1v) is 9.58. The number of hydrogen-bond donors (Lipinski definition) is 3. The van der Waals surface area contributed by atoms with Crippen LogP contribution in [0, 0.1) is 0 Å². The van der Waals surface area contributed by atoms with Crippen molar-refractivity contribution in [2.45, 2.75) is 31.8 Å². The fourth-order valence-electron chi connectivity index (χ4n) is 4.25. The van der Waals surface area contributed by atoms with Gasteiger partial charge in [-0.3, -0.25) is 9.69 Å². The Morgan fingerprint density at radius 3 is 2.82 bits per heavy atom. The second kappa shape index (κ2) is 6.74. The van der Waals surface area contributed by atoms with E-state index in [1.54, 1.807) is 0 Å². The van der Waals surface area contributed by atoms with Crippen molar-refractivity contribution in [2.75, 3.05) is 18.4 Å². The summed E-state index contributed by atoms with van der Waals surface area (Å²) in [6, 6.07) is 13.8. The minimum atomic E-state index is -0.691. The van der Waals surface area contributed by atoms with E-state index in [0.29, 0.717) is 37.4 Å². The van der Waals surface area contributed by atoms with Crippen molar-refractivity contribution in [3.63, 3.8) is 0 Å². The molecular formula is C22H22N2O4. The van der Waals surface area contributed by atoms with E-state index in [-0.39, 0.29) is 5.91 Å². The molecule has 1 saturated heterocycles. The van der Waals surface area contributed by atoms with Gasteiger partial charge in [-0.2, -0.15) is 0 Å². The number of likely N-dealkylation sites (tertiary alicyclic amines) is 1. The summed E-state index contributed by atoms with van der Waals surface area (Å²) >= 11 is 0. The summed E-state index contributed by atoms with van der Waals surface area (Å²) in [6.07, 6.45) is -0.733. The summed E-state index contributed by atoms with van der Waals surface area (Å²) < 4.78 is 5.94. The normalized spacial score (nSPS) is 26.6. The highest BCUT2D eigenvalue weighted by Crippen LogP contribution is 2.41. The number of hydrogen-bond acceptors (Lipinski definition) is 5. The lowest BCUT2D eigenvalue weighted by Gasteiger charge is -2.33. The van der Waals surface area contributed by atoms with Gasteiger partial charge < -0.3 is 20.3 Å². The number of piperidine rings is 1. The average molecular weight is 378 g/mol. The molecule has 2 aromatic rings. The molecule has 0 bridgehead atoms. The van der Waals surface area contributed by atoms with Gasteiger partial charge in [-0.25, -0.2) is 0 Å². The monoisotopic (exact) mass is 378 g/mol. The Hall–Kier alpha value is -2.67. The summed E-state index contributed by atoms with van der Waals surface area (Å²) in [5.41, 5.74) is 5.44. The van der Waals surface area contributed by atoms with E-state index in [1.807, 2.05) is 36.4 Å². The second-order valence-corrected chi connectivity index (χ2v) is 7.64. The number of ether oxygens (including phenoxy) is 1. The minimum absolute atomic E-state index is 0.131. The van der Waals surface area contributed by atoms with Crippen LogP contribution in [0.1, 0.15) is 28.7 Å². The van der Waals surface area contributed by atoms with Gasteiger partial charge in [0.2, 0.25) is 0 Å². The number of aliphatic hydroxyl groups excluding tert-OH is 2. The number of rotatable bonds is 2. The number of nitrogens with zero attached hydrogens (tertiary/aromatic N) is 1. The molecule has 1 fully saturated rings. The van der Waals surface area contributed by atoms with Crippen LogP contribution in [0.2, 0.25) is 0 Å². The Bertz CT molecular complexity index is 984. The molecule has 2 aromatic carbocycles. The zero-order valence-corrected chi connectivity index (χ0v) is 15.4. The predicted molar refractivity (Wildman–Crippen MR) is 105 cm³/mol. The van der Waals surface area contributed by atoms with Crippen molar-refractivity contribution in [3.05, 3.63) is 64.7 Å². The third kappa shape index (κ3) is 2.90. The number of para-hydroxylation sites is 1. The van der Waals surface area contributed by atoms with Gasteiger partial charge in [0.15, 0.2) is 0 Å². The van der Waals surface area contributed by atoms with Crippen molar-refractivity contribution >= 4 is 22.9 Å². The van der Waals surface area contributed by atoms with Gasteiger partial charge in [0.1, 0.15) is 12.4 Å². The number of amides is 1. The molecule has 0 aliphatic carbocycles. The number of carbonyl (C=O) groups is 1. The van der Waals surface area contributed by atoms with Crippen LogP contribution >= 0.6 is 0 Å². The number of carbonyl (C=O) groups excluding carboxylic acids is 1. The van der Waals surface area contributed by atoms with E-state index in [1.165, 1.54) is 0 Å². The number of benzene rings is 2. The molecular weight excluding hydrogens is 356 g/mol. The van der Waals surface area contributed by atoms with E-state index in [9.17, 15) is 15.0 Å². The highest BCUT2D eigenvalue weighted by Gasteiger charge is 2.32. The van der Waals surface area contributed by atoms with Crippen LogP contribution in [-0.4, -0.2) is 46.3 Å². The molecule has 3 aliphatic heterocycles. The summed E-state index contributed by atoms with van der Waals surface area (Å²) in [4.78, 5) is 14.7. The molecule has 2 unspecified atom stereocenters. The molecule has 3 heterocycles. The Morgan fingerprint density at radius 1 is 1.11 bits per heavy atom. The lowest BCUT2D eigenvalue weighted by atomic mass is 9.98. The molecule has 2 atom stereocenters. The SMILES string of the molecule is O=C1Nc2ccccc2C1=C1OCc2cc(CN3CCC(O)C(O)C3)ccc21. The van der Waals surface area contributed by atoms with Crippen molar-refractivity contribution < 1.29 is 19.7 Å². The number of nitrogens with one attached hydrogen (secondary N) is 1. The van der Waals surface area contributed by atoms with Crippen LogP contribution < -0.4 is 5.32 Å². The lowest BCUT2D eigenvalue weighted by molar-refractivity contribution is -0.110.